The van der Waals surface area contributed by atoms with Gasteiger partial charge in [-0.1, -0.05) is 152 Å². The Morgan fingerprint density at radius 1 is 0.431 bits per heavy atom. The van der Waals surface area contributed by atoms with Gasteiger partial charge in [0.25, 0.3) is 0 Å². The van der Waals surface area contributed by atoms with Crippen molar-refractivity contribution in [3.05, 3.63) is 224 Å². The van der Waals surface area contributed by atoms with Crippen LogP contribution in [0.1, 0.15) is 16.9 Å². The van der Waals surface area contributed by atoms with Gasteiger partial charge >= 0.3 is 0 Å². The third-order valence-corrected chi connectivity index (χ3v) is 11.1. The molecule has 0 amide bonds. The summed E-state index contributed by atoms with van der Waals surface area (Å²) in [7, 11) is 0. The van der Waals surface area contributed by atoms with Crippen LogP contribution in [0, 0.1) is 6.92 Å². The lowest BCUT2D eigenvalue weighted by atomic mass is 10.00. The summed E-state index contributed by atoms with van der Waals surface area (Å²) in [6.07, 6.45) is 4.18. The van der Waals surface area contributed by atoms with Crippen molar-refractivity contribution in [2.24, 2.45) is 0 Å². The van der Waals surface area contributed by atoms with E-state index >= 15 is 0 Å². The van der Waals surface area contributed by atoms with E-state index in [0.29, 0.717) is 0 Å². The molecule has 2 aromatic heterocycles. The second-order valence-corrected chi connectivity index (χ2v) is 14.7. The van der Waals surface area contributed by atoms with Crippen LogP contribution in [-0.2, 0) is 0 Å². The number of aryl methyl sites for hydroxylation is 1. The van der Waals surface area contributed by atoms with Crippen LogP contribution in [0.15, 0.2) is 216 Å². The molecule has 0 spiro atoms. The molecule has 2 heterocycles. The highest BCUT2D eigenvalue weighted by Crippen LogP contribution is 2.39. The average molecular weight is 746 g/mol. The molecule has 3 heteroatoms. The quantitative estimate of drug-likeness (QED) is 0.138. The highest BCUT2D eigenvalue weighted by Gasteiger charge is 2.15. The second-order valence-electron chi connectivity index (χ2n) is 14.7. The summed E-state index contributed by atoms with van der Waals surface area (Å²) in [6, 6.07) is 68.4. The normalized spacial score (nSPS) is 11.5. The van der Waals surface area contributed by atoms with Gasteiger partial charge in [0.05, 0.1) is 0 Å². The van der Waals surface area contributed by atoms with E-state index < -0.39 is 0 Å². The number of fused-ring (bicyclic) bond motifs is 4. The third kappa shape index (κ3) is 6.59. The summed E-state index contributed by atoms with van der Waals surface area (Å²) in [5.41, 5.74) is 15.9. The first-order chi connectivity index (χ1) is 28.6. The minimum absolute atomic E-state index is 0.893. The first kappa shape index (κ1) is 34.8. The maximum atomic E-state index is 6.22. The monoisotopic (exact) mass is 745 g/mol. The predicted molar refractivity (Wildman–Crippen MR) is 244 cm³/mol. The fourth-order valence-electron chi connectivity index (χ4n) is 7.94. The molecule has 0 bridgehead atoms. The first-order valence-electron chi connectivity index (χ1n) is 19.6. The Morgan fingerprint density at radius 2 is 0.879 bits per heavy atom. The summed E-state index contributed by atoms with van der Waals surface area (Å²) < 4.78 is 12.2. The lowest BCUT2D eigenvalue weighted by molar-refractivity contribution is 0.577. The highest BCUT2D eigenvalue weighted by molar-refractivity contribution is 6.06. The molecule has 3 nitrogen and oxygen atoms in total. The molecule has 0 radical (unpaired) electrons. The summed E-state index contributed by atoms with van der Waals surface area (Å²) >= 11 is 0. The maximum Gasteiger partial charge on any atom is 0.136 e. The molecule has 0 saturated heterocycles. The molecule has 0 fully saturated rings. The Kier molecular flexibility index (Phi) is 8.89. The number of para-hydroxylation sites is 2. The van der Waals surface area contributed by atoms with E-state index in [1.54, 1.807) is 0 Å². The van der Waals surface area contributed by atoms with Crippen molar-refractivity contribution in [1.82, 2.24) is 0 Å². The predicted octanol–water partition coefficient (Wildman–Crippen LogP) is 15.8. The number of nitrogens with zero attached hydrogens (tertiary/aromatic N) is 1. The number of hydrogen-bond donors (Lipinski definition) is 0. The average Bonchev–Trinajstić information content (AvgIpc) is 3.82. The summed E-state index contributed by atoms with van der Waals surface area (Å²) in [4.78, 5) is 2.30. The molecule has 0 aliphatic heterocycles. The number of allylic oxidation sites excluding steroid dienone is 2. The largest absolute Gasteiger partial charge is 0.461 e. The zero-order chi connectivity index (χ0) is 39.0. The molecular formula is C55H39NO2. The number of hydrogen-bond acceptors (Lipinski definition) is 3. The van der Waals surface area contributed by atoms with Crippen molar-refractivity contribution in [2.75, 3.05) is 4.90 Å². The fraction of sp³-hybridized carbons (Fsp3) is 0.0182. The van der Waals surface area contributed by atoms with Crippen molar-refractivity contribution in [3.63, 3.8) is 0 Å². The van der Waals surface area contributed by atoms with Gasteiger partial charge in [-0.2, -0.15) is 0 Å². The van der Waals surface area contributed by atoms with Gasteiger partial charge in [-0.25, -0.2) is 0 Å². The number of rotatable bonds is 9. The minimum atomic E-state index is 0.893. The van der Waals surface area contributed by atoms with E-state index in [1.165, 1.54) is 22.3 Å². The molecule has 0 atom stereocenters. The second kappa shape index (κ2) is 14.8. The van der Waals surface area contributed by atoms with Crippen LogP contribution in [0.3, 0.4) is 0 Å². The van der Waals surface area contributed by atoms with Gasteiger partial charge in [-0.3, -0.25) is 0 Å². The summed E-state index contributed by atoms with van der Waals surface area (Å²) in [5.74, 6) is 0.896. The number of furan rings is 2. The third-order valence-electron chi connectivity index (χ3n) is 11.1. The van der Waals surface area contributed by atoms with Crippen molar-refractivity contribution in [2.45, 2.75) is 6.92 Å². The van der Waals surface area contributed by atoms with E-state index in [1.807, 2.05) is 37.3 Å². The zero-order valence-corrected chi connectivity index (χ0v) is 32.1. The van der Waals surface area contributed by atoms with Crippen LogP contribution in [0.5, 0.6) is 0 Å². The Bertz CT molecular complexity index is 3090. The smallest absolute Gasteiger partial charge is 0.136 e. The van der Waals surface area contributed by atoms with Crippen molar-refractivity contribution in [1.29, 1.82) is 0 Å². The van der Waals surface area contributed by atoms with Crippen molar-refractivity contribution >= 4 is 61.6 Å². The number of anilines is 3. The van der Waals surface area contributed by atoms with E-state index in [4.69, 9.17) is 8.83 Å². The van der Waals surface area contributed by atoms with Crippen LogP contribution in [-0.4, -0.2) is 0 Å². The minimum Gasteiger partial charge on any atom is -0.461 e. The van der Waals surface area contributed by atoms with Crippen molar-refractivity contribution < 1.29 is 8.83 Å². The summed E-state index contributed by atoms with van der Waals surface area (Å²) in [5, 5.41) is 3.37. The molecule has 0 aliphatic carbocycles. The molecule has 10 aromatic rings. The van der Waals surface area contributed by atoms with Gasteiger partial charge in [0, 0.05) is 38.8 Å². The molecule has 0 N–H and O–H groups in total. The van der Waals surface area contributed by atoms with Crippen molar-refractivity contribution in [3.8, 4) is 33.4 Å². The van der Waals surface area contributed by atoms with Gasteiger partial charge in [-0.15, -0.1) is 0 Å². The molecule has 10 rings (SSSR count). The SMILES string of the molecule is C=C(/C=C\c1c(C)oc2ccccc12)c1ccc(N(c2ccc(-c3ccc(-c4ccccc4)cc3)cc2)c2ccc(-c3ccc4c(c3)oc3ccccc34)cc2)cc1. The van der Waals surface area contributed by atoms with Crippen LogP contribution in [0.2, 0.25) is 0 Å². The highest BCUT2D eigenvalue weighted by atomic mass is 16.3. The molecular weight excluding hydrogens is 707 g/mol. The van der Waals surface area contributed by atoms with Gasteiger partial charge in [0.15, 0.2) is 0 Å². The first-order valence-corrected chi connectivity index (χ1v) is 19.6. The molecule has 0 unspecified atom stereocenters. The zero-order valence-electron chi connectivity index (χ0n) is 32.1. The van der Waals surface area contributed by atoms with Crippen LogP contribution >= 0.6 is 0 Å². The lowest BCUT2D eigenvalue weighted by Crippen LogP contribution is -2.09. The standard InChI is InChI=1S/C55H39NO2/c1-37(16-34-49-38(2)57-53-14-8-6-12-50(49)53)39-21-28-46(29-22-39)56(47-30-23-43(24-31-47)42-19-17-41(18-20-42)40-10-4-3-5-11-40)48-32-25-44(26-33-48)45-27-35-52-51-13-7-9-15-54(51)58-55(52)36-45/h3-36H,1H2,2H3/b34-16-. The van der Waals surface area contributed by atoms with E-state index in [9.17, 15) is 0 Å². The Labute approximate surface area is 338 Å². The lowest BCUT2D eigenvalue weighted by Gasteiger charge is -2.26. The van der Waals surface area contributed by atoms with Gasteiger partial charge in [0.2, 0.25) is 0 Å². The Morgan fingerprint density at radius 3 is 1.50 bits per heavy atom. The van der Waals surface area contributed by atoms with E-state index in [2.05, 4.69) is 187 Å². The fourth-order valence-corrected chi connectivity index (χ4v) is 7.94. The maximum absolute atomic E-state index is 6.22. The molecule has 8 aromatic carbocycles. The van der Waals surface area contributed by atoms with Gasteiger partial charge in [0.1, 0.15) is 22.5 Å². The molecule has 0 aliphatic rings. The Balaban J connectivity index is 0.964. The van der Waals surface area contributed by atoms with E-state index in [0.717, 1.165) is 83.6 Å². The van der Waals surface area contributed by atoms with Crippen LogP contribution in [0.25, 0.3) is 77.9 Å². The number of benzene rings is 8. The topological polar surface area (TPSA) is 29.5 Å². The van der Waals surface area contributed by atoms with Gasteiger partial charge < -0.3 is 13.7 Å². The van der Waals surface area contributed by atoms with E-state index in [-0.39, 0.29) is 0 Å². The summed E-state index contributed by atoms with van der Waals surface area (Å²) in [6.45, 7) is 6.42. The Hall–Kier alpha value is -7.62. The van der Waals surface area contributed by atoms with Crippen LogP contribution < -0.4 is 4.90 Å². The van der Waals surface area contributed by atoms with Gasteiger partial charge in [-0.05, 0) is 112 Å². The molecule has 276 valence electrons. The van der Waals surface area contributed by atoms with Crippen LogP contribution in [0.4, 0.5) is 17.1 Å². The molecule has 58 heavy (non-hydrogen) atoms. The molecule has 0 saturated carbocycles.